The highest BCUT2D eigenvalue weighted by Gasteiger charge is 2.16. The average Bonchev–Trinajstić information content (AvgIpc) is 2.52. The first-order chi connectivity index (χ1) is 11.3. The summed E-state index contributed by atoms with van der Waals surface area (Å²) in [7, 11) is -2.71. The third kappa shape index (κ3) is 4.67. The van der Waals surface area contributed by atoms with Gasteiger partial charge in [-0.1, -0.05) is 6.07 Å². The third-order valence-electron chi connectivity index (χ3n) is 2.92. The number of carbonyl (C=O) groups is 1. The Morgan fingerprint density at radius 3 is 2.62 bits per heavy atom. The van der Waals surface area contributed by atoms with Crippen LogP contribution in [-0.4, -0.2) is 28.0 Å². The highest BCUT2D eigenvalue weighted by atomic mass is 32.2. The lowest BCUT2D eigenvalue weighted by Gasteiger charge is -2.11. The summed E-state index contributed by atoms with van der Waals surface area (Å²) in [4.78, 5) is 11.6. The summed E-state index contributed by atoms with van der Waals surface area (Å²) in [5.74, 6) is -0.776. The number of ether oxygens (including phenoxy) is 2. The maximum absolute atomic E-state index is 13.0. The largest absolute Gasteiger partial charge is 0.495 e. The maximum Gasteiger partial charge on any atom is 0.262 e. The number of nitrogens with two attached hydrogens (primary N) is 1. The van der Waals surface area contributed by atoms with Crippen LogP contribution in [0.2, 0.25) is 0 Å². The van der Waals surface area contributed by atoms with E-state index in [1.807, 2.05) is 0 Å². The van der Waals surface area contributed by atoms with Crippen molar-refractivity contribution in [3.63, 3.8) is 0 Å². The molecular weight excluding hydrogens is 339 g/mol. The summed E-state index contributed by atoms with van der Waals surface area (Å²) in [6, 6.07) is 9.33. The smallest absolute Gasteiger partial charge is 0.262 e. The van der Waals surface area contributed by atoms with E-state index in [-0.39, 0.29) is 28.7 Å². The van der Waals surface area contributed by atoms with Crippen molar-refractivity contribution in [1.82, 2.24) is 0 Å². The molecule has 2 rings (SSSR count). The number of sulfonamides is 1. The van der Waals surface area contributed by atoms with Gasteiger partial charge in [0.1, 0.15) is 22.2 Å². The Hall–Kier alpha value is -2.65. The van der Waals surface area contributed by atoms with Crippen molar-refractivity contribution in [2.24, 2.45) is 5.14 Å². The molecule has 3 N–H and O–H groups in total. The molecule has 9 heteroatoms. The number of halogens is 1. The van der Waals surface area contributed by atoms with Gasteiger partial charge in [-0.15, -0.1) is 0 Å². The molecule has 0 bridgehead atoms. The van der Waals surface area contributed by atoms with Crippen LogP contribution in [0.25, 0.3) is 0 Å². The van der Waals surface area contributed by atoms with Crippen molar-refractivity contribution >= 4 is 21.6 Å². The van der Waals surface area contributed by atoms with Gasteiger partial charge < -0.3 is 14.8 Å². The number of anilines is 1. The third-order valence-corrected chi connectivity index (χ3v) is 3.85. The van der Waals surface area contributed by atoms with E-state index in [2.05, 4.69) is 5.32 Å². The summed E-state index contributed by atoms with van der Waals surface area (Å²) >= 11 is 0. The maximum atomic E-state index is 13.0. The van der Waals surface area contributed by atoms with Gasteiger partial charge in [-0.3, -0.25) is 4.79 Å². The fourth-order valence-electron chi connectivity index (χ4n) is 1.88. The molecule has 0 aliphatic rings. The molecule has 0 saturated heterocycles. The van der Waals surface area contributed by atoms with Crippen molar-refractivity contribution in [3.05, 3.63) is 48.3 Å². The van der Waals surface area contributed by atoms with Gasteiger partial charge in [0.05, 0.1) is 7.11 Å². The summed E-state index contributed by atoms with van der Waals surface area (Å²) in [5.41, 5.74) is 0.202. The molecule has 0 fully saturated rings. The zero-order valence-corrected chi connectivity index (χ0v) is 13.5. The molecule has 7 nitrogen and oxygen atoms in total. The summed E-state index contributed by atoms with van der Waals surface area (Å²) in [6.07, 6.45) is 0. The zero-order chi connectivity index (χ0) is 17.7. The van der Waals surface area contributed by atoms with Crippen LogP contribution in [-0.2, 0) is 14.8 Å². The molecule has 0 unspecified atom stereocenters. The molecule has 0 aliphatic heterocycles. The monoisotopic (exact) mass is 354 g/mol. The Bertz CT molecular complexity index is 855. The van der Waals surface area contributed by atoms with Crippen LogP contribution in [0.5, 0.6) is 11.5 Å². The summed E-state index contributed by atoms with van der Waals surface area (Å²) in [5, 5.41) is 7.56. The number of carbonyl (C=O) groups excluding carboxylic acids is 1. The first-order valence-corrected chi connectivity index (χ1v) is 8.23. The predicted molar refractivity (Wildman–Crippen MR) is 84.9 cm³/mol. The summed E-state index contributed by atoms with van der Waals surface area (Å²) in [6.45, 7) is -0.375. The quantitative estimate of drug-likeness (QED) is 0.817. The van der Waals surface area contributed by atoms with Gasteiger partial charge in [0, 0.05) is 11.8 Å². The lowest BCUT2D eigenvalue weighted by Crippen LogP contribution is -2.21. The fraction of sp³-hybridized carbons (Fsp3) is 0.133. The minimum absolute atomic E-state index is 0.0616. The molecule has 128 valence electrons. The zero-order valence-electron chi connectivity index (χ0n) is 12.7. The van der Waals surface area contributed by atoms with Crippen molar-refractivity contribution in [1.29, 1.82) is 0 Å². The van der Waals surface area contributed by atoms with Gasteiger partial charge in [-0.2, -0.15) is 0 Å². The normalized spacial score (nSPS) is 11.0. The lowest BCUT2D eigenvalue weighted by atomic mass is 10.3. The Kier molecular flexibility index (Phi) is 5.37. The topological polar surface area (TPSA) is 108 Å². The molecule has 1 amide bonds. The number of hydrogen-bond acceptors (Lipinski definition) is 5. The minimum Gasteiger partial charge on any atom is -0.495 e. The van der Waals surface area contributed by atoms with Gasteiger partial charge in [0.25, 0.3) is 5.91 Å². The van der Waals surface area contributed by atoms with Crippen LogP contribution in [0.4, 0.5) is 10.1 Å². The Morgan fingerprint density at radius 2 is 2.00 bits per heavy atom. The predicted octanol–water partition coefficient (Wildman–Crippen LogP) is 1.50. The Balaban J connectivity index is 2.06. The number of nitrogens with one attached hydrogen (secondary N) is 1. The summed E-state index contributed by atoms with van der Waals surface area (Å²) < 4.78 is 46.1. The van der Waals surface area contributed by atoms with Crippen LogP contribution < -0.4 is 19.9 Å². The number of primary sulfonamides is 1. The van der Waals surface area contributed by atoms with E-state index in [0.29, 0.717) is 0 Å². The minimum atomic E-state index is -4.01. The van der Waals surface area contributed by atoms with Crippen LogP contribution in [0, 0.1) is 5.82 Å². The van der Waals surface area contributed by atoms with E-state index in [9.17, 15) is 17.6 Å². The van der Waals surface area contributed by atoms with Gasteiger partial charge in [-0.25, -0.2) is 17.9 Å². The molecule has 0 radical (unpaired) electrons. The van der Waals surface area contributed by atoms with E-state index < -0.39 is 21.7 Å². The molecule has 0 atom stereocenters. The molecule has 0 aliphatic carbocycles. The van der Waals surface area contributed by atoms with E-state index >= 15 is 0 Å². The SMILES string of the molecule is COc1ccc(NC(=O)COc2cccc(F)c2)cc1S(N)(=O)=O. The lowest BCUT2D eigenvalue weighted by molar-refractivity contribution is -0.118. The number of methoxy groups -OCH3 is 1. The highest BCUT2D eigenvalue weighted by Crippen LogP contribution is 2.26. The van der Waals surface area contributed by atoms with Crippen LogP contribution in [0.15, 0.2) is 47.4 Å². The highest BCUT2D eigenvalue weighted by molar-refractivity contribution is 7.89. The standard InChI is InChI=1S/C15H15FN2O5S/c1-22-13-6-5-11(8-14(13)24(17,20)21)18-15(19)9-23-12-4-2-3-10(16)7-12/h2-8H,9H2,1H3,(H,18,19)(H2,17,20,21). The first-order valence-electron chi connectivity index (χ1n) is 6.68. The van der Waals surface area contributed by atoms with E-state index in [1.165, 1.54) is 43.5 Å². The van der Waals surface area contributed by atoms with Crippen molar-refractivity contribution in [2.75, 3.05) is 19.0 Å². The number of rotatable bonds is 6. The van der Waals surface area contributed by atoms with Gasteiger partial charge in [0.2, 0.25) is 10.0 Å². The van der Waals surface area contributed by atoms with Crippen LogP contribution in [0.3, 0.4) is 0 Å². The second-order valence-electron chi connectivity index (χ2n) is 4.70. The first kappa shape index (κ1) is 17.7. The molecular formula is C15H15FN2O5S. The van der Waals surface area contributed by atoms with E-state index in [1.54, 1.807) is 0 Å². The number of benzene rings is 2. The van der Waals surface area contributed by atoms with Crippen molar-refractivity contribution in [3.8, 4) is 11.5 Å². The molecule has 0 saturated carbocycles. The molecule has 0 heterocycles. The Labute approximate surface area is 138 Å². The molecule has 0 spiro atoms. The van der Waals surface area contributed by atoms with Crippen molar-refractivity contribution in [2.45, 2.75) is 4.90 Å². The number of amides is 1. The van der Waals surface area contributed by atoms with E-state index in [0.717, 1.165) is 6.07 Å². The van der Waals surface area contributed by atoms with E-state index in [4.69, 9.17) is 14.6 Å². The second-order valence-corrected chi connectivity index (χ2v) is 6.23. The molecule has 2 aromatic rings. The second kappa shape index (κ2) is 7.28. The van der Waals surface area contributed by atoms with Gasteiger partial charge in [0.15, 0.2) is 6.61 Å². The Morgan fingerprint density at radius 1 is 1.25 bits per heavy atom. The average molecular weight is 354 g/mol. The van der Waals surface area contributed by atoms with Crippen LogP contribution in [0.1, 0.15) is 0 Å². The molecule has 0 aromatic heterocycles. The van der Waals surface area contributed by atoms with Gasteiger partial charge >= 0.3 is 0 Å². The molecule has 2 aromatic carbocycles. The van der Waals surface area contributed by atoms with Gasteiger partial charge in [-0.05, 0) is 30.3 Å². The number of hydrogen-bond donors (Lipinski definition) is 2. The van der Waals surface area contributed by atoms with Crippen LogP contribution >= 0.6 is 0 Å². The van der Waals surface area contributed by atoms with Crippen molar-refractivity contribution < 1.29 is 27.1 Å². The fourth-order valence-corrected chi connectivity index (χ4v) is 2.60. The molecule has 24 heavy (non-hydrogen) atoms.